The van der Waals surface area contributed by atoms with E-state index in [4.69, 9.17) is 26.7 Å². The molecule has 1 aromatic heterocycles. The van der Waals surface area contributed by atoms with Gasteiger partial charge in [-0.25, -0.2) is 9.97 Å². The molecule has 0 bridgehead atoms. The van der Waals surface area contributed by atoms with Crippen molar-refractivity contribution in [2.45, 2.75) is 32.3 Å². The Morgan fingerprint density at radius 1 is 0.864 bits per heavy atom. The molecular formula is C34H38N6O3S. The van der Waals surface area contributed by atoms with E-state index in [1.54, 1.807) is 26.4 Å². The lowest BCUT2D eigenvalue weighted by molar-refractivity contribution is -0.00653. The van der Waals surface area contributed by atoms with Crippen molar-refractivity contribution in [1.82, 2.24) is 14.9 Å². The summed E-state index contributed by atoms with van der Waals surface area (Å²) in [6.45, 7) is 5.12. The van der Waals surface area contributed by atoms with Gasteiger partial charge in [0.25, 0.3) is 0 Å². The van der Waals surface area contributed by atoms with Gasteiger partial charge in [0.15, 0.2) is 0 Å². The third-order valence-electron chi connectivity index (χ3n) is 7.87. The maximum atomic E-state index is 12.4. The van der Waals surface area contributed by atoms with Gasteiger partial charge in [0.1, 0.15) is 17.1 Å². The molecule has 4 aromatic rings. The lowest BCUT2D eigenvalue weighted by Gasteiger charge is -2.43. The zero-order valence-corrected chi connectivity index (χ0v) is 26.3. The van der Waals surface area contributed by atoms with Crippen molar-refractivity contribution in [3.05, 3.63) is 107 Å². The molecule has 0 atom stereocenters. The highest BCUT2D eigenvalue weighted by Gasteiger charge is 2.42. The van der Waals surface area contributed by atoms with Gasteiger partial charge in [-0.3, -0.25) is 5.32 Å². The Bertz CT molecular complexity index is 1550. The quantitative estimate of drug-likeness (QED) is 0.134. The van der Waals surface area contributed by atoms with Crippen LogP contribution in [0.3, 0.4) is 0 Å². The van der Waals surface area contributed by atoms with E-state index in [9.17, 15) is 5.11 Å². The highest BCUT2D eigenvalue weighted by molar-refractivity contribution is 7.80. The van der Waals surface area contributed by atoms with E-state index in [0.717, 1.165) is 35.4 Å². The van der Waals surface area contributed by atoms with Crippen LogP contribution >= 0.6 is 12.2 Å². The van der Waals surface area contributed by atoms with Crippen LogP contribution in [0.1, 0.15) is 35.4 Å². The monoisotopic (exact) mass is 610 g/mol. The number of anilines is 2. The largest absolute Gasteiger partial charge is 0.497 e. The molecule has 0 amide bonds. The first kappa shape index (κ1) is 30.9. The predicted octanol–water partition coefficient (Wildman–Crippen LogP) is 5.92. The van der Waals surface area contributed by atoms with Crippen molar-refractivity contribution in [2.24, 2.45) is 10.9 Å². The van der Waals surface area contributed by atoms with Crippen molar-refractivity contribution in [1.29, 1.82) is 0 Å². The van der Waals surface area contributed by atoms with Gasteiger partial charge in [0, 0.05) is 30.5 Å². The summed E-state index contributed by atoms with van der Waals surface area (Å²) in [6.07, 6.45) is 1.44. The summed E-state index contributed by atoms with van der Waals surface area (Å²) in [5, 5.41) is 19.1. The Morgan fingerprint density at radius 2 is 1.45 bits per heavy atom. The van der Waals surface area contributed by atoms with Crippen LogP contribution in [0.4, 0.5) is 11.6 Å². The zero-order chi connectivity index (χ0) is 31.1. The van der Waals surface area contributed by atoms with Crippen molar-refractivity contribution < 1.29 is 14.6 Å². The molecule has 0 unspecified atom stereocenters. The summed E-state index contributed by atoms with van der Waals surface area (Å²) < 4.78 is 10.9. The number of thiocarbonyl (C=S) groups is 1. The number of nitrogens with one attached hydrogen (secondary N) is 2. The maximum absolute atomic E-state index is 12.4. The first-order chi connectivity index (χ1) is 21.3. The number of nitrogens with zero attached hydrogens (tertiary/aromatic N) is 4. The fraction of sp³-hybridized carbons (Fsp3) is 0.294. The molecule has 1 aliphatic rings. The molecule has 10 heteroatoms. The van der Waals surface area contributed by atoms with Crippen LogP contribution in [0.25, 0.3) is 0 Å². The van der Waals surface area contributed by atoms with Crippen LogP contribution in [0.5, 0.6) is 11.5 Å². The molecule has 2 heterocycles. The molecule has 1 fully saturated rings. The van der Waals surface area contributed by atoms with Crippen molar-refractivity contribution in [2.75, 3.05) is 37.9 Å². The molecule has 1 saturated heterocycles. The number of likely N-dealkylation sites (tertiary alicyclic amines) is 1. The Balaban J connectivity index is 1.42. The van der Waals surface area contributed by atoms with Gasteiger partial charge < -0.3 is 24.8 Å². The maximum Gasteiger partial charge on any atom is 0.229 e. The van der Waals surface area contributed by atoms with Crippen LogP contribution < -0.4 is 20.1 Å². The summed E-state index contributed by atoms with van der Waals surface area (Å²) in [6, 6.07) is 27.2. The number of aryl methyl sites for hydroxylation is 2. The summed E-state index contributed by atoms with van der Waals surface area (Å²) in [7, 11) is 3.20. The van der Waals surface area contributed by atoms with Crippen molar-refractivity contribution in [3.63, 3.8) is 0 Å². The van der Waals surface area contributed by atoms with Crippen LogP contribution in [0.15, 0.2) is 89.9 Å². The van der Waals surface area contributed by atoms with Crippen LogP contribution in [-0.2, 0) is 5.60 Å². The first-order valence-electron chi connectivity index (χ1n) is 14.6. The number of guanidine groups is 1. The highest BCUT2D eigenvalue weighted by atomic mass is 32.1. The van der Waals surface area contributed by atoms with E-state index >= 15 is 0 Å². The smallest absolute Gasteiger partial charge is 0.229 e. The number of aromatic nitrogens is 2. The molecule has 1 aliphatic heterocycles. The standard InChI is InChI=1S/C34H38N6O3S/c1-23-21-24(2)36-31(35-23)38-32(39-33(44)37-29-22-28(42-3)15-16-30(29)43-4)40-19-17-27(18-20-40)34(41,25-11-7-5-8-12-25)26-13-9-6-10-14-26/h5-16,21-22,27,41H,17-20H2,1-4H3,(H2,35,36,37,38,39,44). The Hall–Kier alpha value is -4.54. The number of piperidine rings is 1. The van der Waals surface area contributed by atoms with Gasteiger partial charge in [0.05, 0.1) is 19.9 Å². The number of methoxy groups -OCH3 is 2. The number of aliphatic hydroxyl groups is 1. The number of ether oxygens (including phenoxy) is 2. The average molecular weight is 611 g/mol. The lowest BCUT2D eigenvalue weighted by atomic mass is 9.72. The Morgan fingerprint density at radius 3 is 2.00 bits per heavy atom. The van der Waals surface area contributed by atoms with Gasteiger partial charge in [-0.15, -0.1) is 0 Å². The van der Waals surface area contributed by atoms with Gasteiger partial charge in [-0.2, -0.15) is 4.99 Å². The number of benzene rings is 3. The summed E-state index contributed by atoms with van der Waals surface area (Å²) in [5.74, 6) is 2.21. The Kier molecular flexibility index (Phi) is 9.72. The second-order valence-electron chi connectivity index (χ2n) is 10.8. The van der Waals surface area contributed by atoms with Crippen LogP contribution in [-0.4, -0.2) is 58.4 Å². The van der Waals surface area contributed by atoms with Crippen molar-refractivity contribution in [3.8, 4) is 11.5 Å². The van der Waals surface area contributed by atoms with Crippen LogP contribution in [0.2, 0.25) is 0 Å². The van der Waals surface area contributed by atoms with Gasteiger partial charge >= 0.3 is 0 Å². The topological polar surface area (TPSA) is 104 Å². The fourth-order valence-electron chi connectivity index (χ4n) is 5.74. The molecule has 44 heavy (non-hydrogen) atoms. The number of rotatable bonds is 7. The molecule has 3 aromatic carbocycles. The molecule has 0 radical (unpaired) electrons. The molecule has 3 N–H and O–H groups in total. The second kappa shape index (κ2) is 13.8. The van der Waals surface area contributed by atoms with Crippen molar-refractivity contribution >= 4 is 34.9 Å². The highest BCUT2D eigenvalue weighted by Crippen LogP contribution is 2.42. The minimum atomic E-state index is -1.13. The fourth-order valence-corrected chi connectivity index (χ4v) is 5.94. The molecule has 5 rings (SSSR count). The van der Waals surface area contributed by atoms with Gasteiger partial charge in [-0.05, 0) is 74.2 Å². The Labute approximate surface area is 264 Å². The number of aliphatic imine (C=N–C) groups is 1. The first-order valence-corrected chi connectivity index (χ1v) is 15.0. The summed E-state index contributed by atoms with van der Waals surface area (Å²) in [4.78, 5) is 16.1. The molecule has 228 valence electrons. The molecule has 0 aliphatic carbocycles. The van der Waals surface area contributed by atoms with E-state index in [1.165, 1.54) is 0 Å². The predicted molar refractivity (Wildman–Crippen MR) is 179 cm³/mol. The lowest BCUT2D eigenvalue weighted by Crippen LogP contribution is -2.48. The number of hydrogen-bond donors (Lipinski definition) is 3. The van der Waals surface area contributed by atoms with Gasteiger partial charge in [-0.1, -0.05) is 60.7 Å². The van der Waals surface area contributed by atoms with Crippen LogP contribution in [0, 0.1) is 19.8 Å². The minimum Gasteiger partial charge on any atom is -0.497 e. The van der Waals surface area contributed by atoms with E-state index in [1.807, 2.05) is 86.6 Å². The third-order valence-corrected chi connectivity index (χ3v) is 8.07. The third kappa shape index (κ3) is 6.98. The normalized spacial score (nSPS) is 14.2. The van der Waals surface area contributed by atoms with E-state index in [2.05, 4.69) is 25.5 Å². The summed E-state index contributed by atoms with van der Waals surface area (Å²) in [5.41, 5.74) is 2.97. The number of hydrogen-bond acceptors (Lipinski definition) is 6. The van der Waals surface area contributed by atoms with E-state index < -0.39 is 5.60 Å². The SMILES string of the molecule is COc1ccc(OC)c(NC(=S)/N=C(/Nc2nc(C)cc(C)n2)N2CCC(C(O)(c3ccccc3)c3ccccc3)CC2)c1. The second-order valence-corrected chi connectivity index (χ2v) is 11.2. The minimum absolute atomic E-state index is 0.0200. The van der Waals surface area contributed by atoms with Gasteiger partial charge in [0.2, 0.25) is 17.0 Å². The average Bonchev–Trinajstić information content (AvgIpc) is 3.04. The molecule has 9 nitrogen and oxygen atoms in total. The summed E-state index contributed by atoms with van der Waals surface area (Å²) >= 11 is 5.70. The van der Waals surface area contributed by atoms with E-state index in [-0.39, 0.29) is 11.0 Å². The molecule has 0 saturated carbocycles. The molecular weight excluding hydrogens is 572 g/mol. The van der Waals surface area contributed by atoms with E-state index in [0.29, 0.717) is 42.2 Å². The zero-order valence-electron chi connectivity index (χ0n) is 25.4. The molecule has 0 spiro atoms.